The van der Waals surface area contributed by atoms with E-state index in [9.17, 15) is 4.39 Å². The zero-order chi connectivity index (χ0) is 16.8. The minimum Gasteiger partial charge on any atom is -0.487 e. The van der Waals surface area contributed by atoms with Crippen LogP contribution < -0.4 is 4.74 Å². The molecule has 1 heterocycles. The Morgan fingerprint density at radius 3 is 2.79 bits per heavy atom. The maximum atomic E-state index is 13.7. The minimum atomic E-state index is -0.357. The van der Waals surface area contributed by atoms with E-state index in [4.69, 9.17) is 9.47 Å². The lowest BCUT2D eigenvalue weighted by Crippen LogP contribution is -2.16. The van der Waals surface area contributed by atoms with Crippen molar-refractivity contribution in [1.29, 1.82) is 0 Å². The molecule has 1 saturated heterocycles. The third-order valence-electron chi connectivity index (χ3n) is 3.79. The molecule has 1 aliphatic heterocycles. The molecule has 0 N–H and O–H groups in total. The lowest BCUT2D eigenvalue weighted by molar-refractivity contribution is 0.0525. The van der Waals surface area contributed by atoms with Gasteiger partial charge >= 0.3 is 0 Å². The number of rotatable bonds is 3. The molecular weight excluding hydrogens is 371 g/mol. The van der Waals surface area contributed by atoms with Gasteiger partial charge in [-0.25, -0.2) is 4.39 Å². The summed E-state index contributed by atoms with van der Waals surface area (Å²) in [4.78, 5) is 0. The van der Waals surface area contributed by atoms with Gasteiger partial charge in [0.15, 0.2) is 0 Å². The van der Waals surface area contributed by atoms with Crippen molar-refractivity contribution >= 4 is 15.9 Å². The first-order valence-electron chi connectivity index (χ1n) is 8.01. The van der Waals surface area contributed by atoms with Crippen LogP contribution in [0, 0.1) is 17.7 Å². The second kappa shape index (κ2) is 8.32. The van der Waals surface area contributed by atoms with E-state index in [1.807, 2.05) is 30.3 Å². The highest BCUT2D eigenvalue weighted by atomic mass is 79.9. The molecule has 0 aliphatic carbocycles. The van der Waals surface area contributed by atoms with Crippen LogP contribution in [-0.2, 0) is 11.3 Å². The molecule has 0 saturated carbocycles. The number of ether oxygens (including phenoxy) is 2. The average Bonchev–Trinajstić information content (AvgIpc) is 2.61. The van der Waals surface area contributed by atoms with E-state index in [1.54, 1.807) is 0 Å². The summed E-state index contributed by atoms with van der Waals surface area (Å²) in [5, 5.41) is 0. The first kappa shape index (κ1) is 17.0. The fraction of sp³-hybridized carbons (Fsp3) is 0.300. The van der Waals surface area contributed by atoms with Gasteiger partial charge in [-0.1, -0.05) is 42.2 Å². The number of hydrogen-bond acceptors (Lipinski definition) is 2. The van der Waals surface area contributed by atoms with E-state index in [1.165, 1.54) is 12.1 Å². The molecule has 2 aromatic rings. The van der Waals surface area contributed by atoms with Gasteiger partial charge in [0.1, 0.15) is 24.3 Å². The highest BCUT2D eigenvalue weighted by Gasteiger charge is 2.13. The molecular formula is C20H18BrFO2. The smallest absolute Gasteiger partial charge is 0.139 e. The standard InChI is InChI=1S/C20H18BrFO2/c21-19-12-16(22)13-20(24-14-15-6-2-1-3-7-15)18(19)10-9-17-8-4-5-11-23-17/h1-3,6-7,12-13,17H,4-5,8,11,14H2. The Morgan fingerprint density at radius 1 is 1.21 bits per heavy atom. The second-order valence-corrected chi connectivity index (χ2v) is 6.51. The monoisotopic (exact) mass is 388 g/mol. The van der Waals surface area contributed by atoms with Gasteiger partial charge in [0.05, 0.1) is 5.56 Å². The van der Waals surface area contributed by atoms with Crippen molar-refractivity contribution in [3.63, 3.8) is 0 Å². The number of benzene rings is 2. The molecule has 0 spiro atoms. The van der Waals surface area contributed by atoms with Crippen molar-refractivity contribution < 1.29 is 13.9 Å². The Hall–Kier alpha value is -1.83. The summed E-state index contributed by atoms with van der Waals surface area (Å²) in [6.45, 7) is 1.12. The van der Waals surface area contributed by atoms with Crippen LogP contribution in [0.2, 0.25) is 0 Å². The minimum absolute atomic E-state index is 0.0577. The van der Waals surface area contributed by atoms with E-state index in [2.05, 4.69) is 27.8 Å². The molecule has 4 heteroatoms. The van der Waals surface area contributed by atoms with Crippen molar-refractivity contribution in [2.75, 3.05) is 6.61 Å². The molecule has 3 rings (SSSR count). The van der Waals surface area contributed by atoms with Gasteiger partial charge in [-0.15, -0.1) is 0 Å². The van der Waals surface area contributed by atoms with Crippen molar-refractivity contribution in [3.8, 4) is 17.6 Å². The largest absolute Gasteiger partial charge is 0.487 e. The van der Waals surface area contributed by atoms with Gasteiger partial charge in [-0.3, -0.25) is 0 Å². The topological polar surface area (TPSA) is 18.5 Å². The van der Waals surface area contributed by atoms with E-state index < -0.39 is 0 Å². The molecule has 1 atom stereocenters. The van der Waals surface area contributed by atoms with E-state index in [0.717, 1.165) is 31.4 Å². The first-order valence-corrected chi connectivity index (χ1v) is 8.80. The lowest BCUT2D eigenvalue weighted by Gasteiger charge is -2.17. The Labute approximate surface area is 150 Å². The van der Waals surface area contributed by atoms with Crippen molar-refractivity contribution in [2.24, 2.45) is 0 Å². The SMILES string of the molecule is Fc1cc(Br)c(C#CC2CCCCO2)c(OCc2ccccc2)c1. The summed E-state index contributed by atoms with van der Waals surface area (Å²) >= 11 is 3.39. The number of hydrogen-bond donors (Lipinski definition) is 0. The fourth-order valence-electron chi connectivity index (χ4n) is 2.53. The van der Waals surface area contributed by atoms with Crippen molar-refractivity contribution in [2.45, 2.75) is 32.0 Å². The zero-order valence-electron chi connectivity index (χ0n) is 13.2. The molecule has 0 aromatic heterocycles. The zero-order valence-corrected chi connectivity index (χ0v) is 14.8. The molecule has 1 fully saturated rings. The molecule has 1 unspecified atom stereocenters. The van der Waals surface area contributed by atoms with Crippen LogP contribution in [0.25, 0.3) is 0 Å². The van der Waals surface area contributed by atoms with Crippen LogP contribution >= 0.6 is 15.9 Å². The van der Waals surface area contributed by atoms with E-state index >= 15 is 0 Å². The molecule has 0 bridgehead atoms. The quantitative estimate of drug-likeness (QED) is 0.681. The maximum absolute atomic E-state index is 13.7. The molecule has 2 nitrogen and oxygen atoms in total. The van der Waals surface area contributed by atoms with Crippen molar-refractivity contribution in [3.05, 3.63) is 63.9 Å². The van der Waals surface area contributed by atoms with Gasteiger partial charge in [0.2, 0.25) is 0 Å². The predicted molar refractivity (Wildman–Crippen MR) is 95.3 cm³/mol. The van der Waals surface area contributed by atoms with E-state index in [-0.39, 0.29) is 11.9 Å². The predicted octanol–water partition coefficient (Wildman–Crippen LogP) is 5.09. The fourth-order valence-corrected chi connectivity index (χ4v) is 3.04. The Bertz CT molecular complexity index is 743. The summed E-state index contributed by atoms with van der Waals surface area (Å²) in [5.74, 6) is 6.32. The molecule has 0 amide bonds. The van der Waals surface area contributed by atoms with Gasteiger partial charge in [-0.05, 0) is 46.8 Å². The third-order valence-corrected chi connectivity index (χ3v) is 4.42. The molecule has 2 aromatic carbocycles. The molecule has 0 radical (unpaired) electrons. The van der Waals surface area contributed by atoms with Crippen LogP contribution in [0.1, 0.15) is 30.4 Å². The summed E-state index contributed by atoms with van der Waals surface area (Å²) in [5.41, 5.74) is 1.67. The van der Waals surface area contributed by atoms with Crippen LogP contribution in [-0.4, -0.2) is 12.7 Å². The number of halogens is 2. The highest BCUT2D eigenvalue weighted by molar-refractivity contribution is 9.10. The Morgan fingerprint density at radius 2 is 2.04 bits per heavy atom. The molecule has 24 heavy (non-hydrogen) atoms. The van der Waals surface area contributed by atoms with Crippen LogP contribution in [0.5, 0.6) is 5.75 Å². The first-order chi connectivity index (χ1) is 11.7. The van der Waals surface area contributed by atoms with Crippen molar-refractivity contribution in [1.82, 2.24) is 0 Å². The highest BCUT2D eigenvalue weighted by Crippen LogP contribution is 2.28. The maximum Gasteiger partial charge on any atom is 0.139 e. The summed E-state index contributed by atoms with van der Waals surface area (Å²) in [7, 11) is 0. The summed E-state index contributed by atoms with van der Waals surface area (Å²) < 4.78 is 25.8. The van der Waals surface area contributed by atoms with Crippen LogP contribution in [0.4, 0.5) is 4.39 Å². The van der Waals surface area contributed by atoms with Gasteiger partial charge in [0, 0.05) is 17.1 Å². The van der Waals surface area contributed by atoms with Gasteiger partial charge in [0.25, 0.3) is 0 Å². The van der Waals surface area contributed by atoms with Gasteiger partial charge in [-0.2, -0.15) is 0 Å². The van der Waals surface area contributed by atoms with Crippen LogP contribution in [0.3, 0.4) is 0 Å². The Balaban J connectivity index is 1.81. The lowest BCUT2D eigenvalue weighted by atomic mass is 10.1. The normalized spacial score (nSPS) is 17.0. The summed E-state index contributed by atoms with van der Waals surface area (Å²) in [6, 6.07) is 12.6. The second-order valence-electron chi connectivity index (χ2n) is 5.66. The van der Waals surface area contributed by atoms with Crippen LogP contribution in [0.15, 0.2) is 46.9 Å². The molecule has 1 aliphatic rings. The molecule has 124 valence electrons. The Kier molecular flexibility index (Phi) is 5.90. The van der Waals surface area contributed by atoms with Gasteiger partial charge < -0.3 is 9.47 Å². The third kappa shape index (κ3) is 4.59. The average molecular weight is 389 g/mol. The summed E-state index contributed by atoms with van der Waals surface area (Å²) in [6.07, 6.45) is 3.09. The van der Waals surface area contributed by atoms with E-state index in [0.29, 0.717) is 22.4 Å².